The van der Waals surface area contributed by atoms with Crippen LogP contribution in [-0.2, 0) is 11.3 Å². The number of thioether (sulfide) groups is 1. The molecule has 134 valence electrons. The minimum Gasteiger partial charge on any atom is -0.356 e. The van der Waals surface area contributed by atoms with Crippen molar-refractivity contribution in [2.75, 3.05) is 12.3 Å². The number of amides is 1. The highest BCUT2D eigenvalue weighted by atomic mass is 32.2. The molecule has 0 aliphatic carbocycles. The molecule has 0 saturated heterocycles. The molecule has 0 atom stereocenters. The maximum Gasteiger partial charge on any atom is 0.283 e. The van der Waals surface area contributed by atoms with Crippen LogP contribution in [0.4, 0.5) is 0 Å². The van der Waals surface area contributed by atoms with Gasteiger partial charge in [-0.2, -0.15) is 0 Å². The van der Waals surface area contributed by atoms with Crippen LogP contribution in [0.2, 0.25) is 0 Å². The summed E-state index contributed by atoms with van der Waals surface area (Å²) in [6.07, 6.45) is 0. The maximum atomic E-state index is 13.0. The Labute approximate surface area is 156 Å². The number of aromatic nitrogens is 2. The molecule has 1 heterocycles. The van der Waals surface area contributed by atoms with Gasteiger partial charge in [-0.25, -0.2) is 4.98 Å². The first-order chi connectivity index (χ1) is 12.6. The third kappa shape index (κ3) is 4.14. The second-order valence-corrected chi connectivity index (χ2v) is 6.99. The molecule has 0 aliphatic heterocycles. The molecule has 26 heavy (non-hydrogen) atoms. The van der Waals surface area contributed by atoms with E-state index in [1.807, 2.05) is 62.4 Å². The van der Waals surface area contributed by atoms with Gasteiger partial charge in [0.25, 0.3) is 5.56 Å². The van der Waals surface area contributed by atoms with E-state index >= 15 is 0 Å². The highest BCUT2D eigenvalue weighted by molar-refractivity contribution is 7.99. The van der Waals surface area contributed by atoms with Crippen molar-refractivity contribution in [3.05, 3.63) is 70.0 Å². The number of nitrogens with zero attached hydrogens (tertiary/aromatic N) is 2. The lowest BCUT2D eigenvalue weighted by Gasteiger charge is -2.12. The van der Waals surface area contributed by atoms with Gasteiger partial charge in [0.2, 0.25) is 5.91 Å². The lowest BCUT2D eigenvalue weighted by molar-refractivity contribution is -0.118. The predicted octanol–water partition coefficient (Wildman–Crippen LogP) is 2.98. The Morgan fingerprint density at radius 2 is 1.88 bits per heavy atom. The van der Waals surface area contributed by atoms with E-state index < -0.39 is 0 Å². The van der Waals surface area contributed by atoms with Crippen LogP contribution in [-0.4, -0.2) is 27.8 Å². The van der Waals surface area contributed by atoms with Crippen LogP contribution in [0.15, 0.2) is 58.4 Å². The Morgan fingerprint density at radius 3 is 2.62 bits per heavy atom. The molecule has 2 aromatic carbocycles. The fraction of sp³-hybridized carbons (Fsp3) is 0.250. The minimum absolute atomic E-state index is 0.100. The van der Waals surface area contributed by atoms with Crippen LogP contribution >= 0.6 is 11.8 Å². The molecule has 5 nitrogen and oxygen atoms in total. The highest BCUT2D eigenvalue weighted by Crippen LogP contribution is 2.17. The summed E-state index contributed by atoms with van der Waals surface area (Å²) in [5, 5.41) is 3.08. The summed E-state index contributed by atoms with van der Waals surface area (Å²) in [5.41, 5.74) is 3.60. The summed E-state index contributed by atoms with van der Waals surface area (Å²) in [7, 11) is 0. The molecular weight excluding hydrogens is 346 g/mol. The molecule has 6 heteroatoms. The van der Waals surface area contributed by atoms with Gasteiger partial charge in [0.15, 0.2) is 5.03 Å². The standard InChI is InChI=1S/C20H21N3O2S/c1-3-21-18(24)13-26-19-20(25)23(12-15-10-8-14(2)9-11-15)17-7-5-4-6-16(17)22-19/h4-11H,3,12-13H2,1-2H3,(H,21,24). The van der Waals surface area contributed by atoms with Gasteiger partial charge < -0.3 is 5.32 Å². The number of hydrogen-bond acceptors (Lipinski definition) is 4. The number of hydrogen-bond donors (Lipinski definition) is 1. The summed E-state index contributed by atoms with van der Waals surface area (Å²) in [4.78, 5) is 29.2. The molecule has 0 bridgehead atoms. The number of rotatable bonds is 6. The van der Waals surface area contributed by atoms with Crippen molar-refractivity contribution in [2.24, 2.45) is 0 Å². The van der Waals surface area contributed by atoms with Crippen molar-refractivity contribution in [3.63, 3.8) is 0 Å². The molecule has 0 radical (unpaired) electrons. The Hall–Kier alpha value is -2.60. The number of fused-ring (bicyclic) bond motifs is 1. The Kier molecular flexibility index (Phi) is 5.73. The molecular formula is C20H21N3O2S. The second-order valence-electron chi connectivity index (χ2n) is 6.02. The zero-order valence-corrected chi connectivity index (χ0v) is 15.7. The first-order valence-corrected chi connectivity index (χ1v) is 9.51. The summed E-state index contributed by atoms with van der Waals surface area (Å²) >= 11 is 1.18. The van der Waals surface area contributed by atoms with E-state index in [1.165, 1.54) is 17.3 Å². The summed E-state index contributed by atoms with van der Waals surface area (Å²) in [6.45, 7) is 4.94. The van der Waals surface area contributed by atoms with Crippen LogP contribution < -0.4 is 10.9 Å². The van der Waals surface area contributed by atoms with E-state index in [-0.39, 0.29) is 17.2 Å². The fourth-order valence-corrected chi connectivity index (χ4v) is 3.44. The highest BCUT2D eigenvalue weighted by Gasteiger charge is 2.13. The molecule has 1 aromatic heterocycles. The fourth-order valence-electron chi connectivity index (χ4n) is 2.68. The summed E-state index contributed by atoms with van der Waals surface area (Å²) < 4.78 is 1.73. The van der Waals surface area contributed by atoms with Gasteiger partial charge in [0.05, 0.1) is 23.3 Å². The third-order valence-corrected chi connectivity index (χ3v) is 4.94. The Morgan fingerprint density at radius 1 is 1.15 bits per heavy atom. The van der Waals surface area contributed by atoms with Crippen molar-refractivity contribution in [3.8, 4) is 0 Å². The molecule has 1 amide bonds. The van der Waals surface area contributed by atoms with Crippen molar-refractivity contribution in [1.29, 1.82) is 0 Å². The predicted molar refractivity (Wildman–Crippen MR) is 106 cm³/mol. The Bertz CT molecular complexity index is 981. The number of carbonyl (C=O) groups is 1. The first kappa shape index (κ1) is 18.2. The topological polar surface area (TPSA) is 64.0 Å². The van der Waals surface area contributed by atoms with Gasteiger partial charge in [0, 0.05) is 6.54 Å². The van der Waals surface area contributed by atoms with E-state index in [1.54, 1.807) is 4.57 Å². The molecule has 1 N–H and O–H groups in total. The minimum atomic E-state index is -0.168. The van der Waals surface area contributed by atoms with E-state index in [4.69, 9.17) is 0 Å². The average Bonchev–Trinajstić information content (AvgIpc) is 2.64. The molecule has 0 spiro atoms. The molecule has 3 aromatic rings. The van der Waals surface area contributed by atoms with Crippen molar-refractivity contribution >= 4 is 28.7 Å². The van der Waals surface area contributed by atoms with Crippen molar-refractivity contribution < 1.29 is 4.79 Å². The summed E-state index contributed by atoms with van der Waals surface area (Å²) in [5.74, 6) is 0.0795. The van der Waals surface area contributed by atoms with E-state index in [2.05, 4.69) is 10.3 Å². The smallest absolute Gasteiger partial charge is 0.283 e. The largest absolute Gasteiger partial charge is 0.356 e. The van der Waals surface area contributed by atoms with Crippen LogP contribution in [0.1, 0.15) is 18.1 Å². The molecule has 0 fully saturated rings. The maximum absolute atomic E-state index is 13.0. The lowest BCUT2D eigenvalue weighted by Crippen LogP contribution is -2.27. The van der Waals surface area contributed by atoms with Gasteiger partial charge in [0.1, 0.15) is 0 Å². The number of nitrogens with one attached hydrogen (secondary N) is 1. The van der Waals surface area contributed by atoms with Crippen LogP contribution in [0.3, 0.4) is 0 Å². The molecule has 0 unspecified atom stereocenters. The van der Waals surface area contributed by atoms with E-state index in [0.717, 1.165) is 16.6 Å². The average molecular weight is 367 g/mol. The molecule has 0 aliphatic rings. The lowest BCUT2D eigenvalue weighted by atomic mass is 10.1. The van der Waals surface area contributed by atoms with Gasteiger partial charge in [-0.3, -0.25) is 14.2 Å². The normalized spacial score (nSPS) is 10.8. The van der Waals surface area contributed by atoms with Gasteiger partial charge in [-0.05, 0) is 31.5 Å². The SMILES string of the molecule is CCNC(=O)CSc1nc2ccccc2n(Cc2ccc(C)cc2)c1=O. The zero-order valence-electron chi connectivity index (χ0n) is 14.9. The number of carbonyl (C=O) groups excluding carboxylic acids is 1. The zero-order chi connectivity index (χ0) is 18.5. The van der Waals surface area contributed by atoms with E-state index in [9.17, 15) is 9.59 Å². The molecule has 0 saturated carbocycles. The van der Waals surface area contributed by atoms with Crippen molar-refractivity contribution in [2.45, 2.75) is 25.4 Å². The molecule has 3 rings (SSSR count). The quantitative estimate of drug-likeness (QED) is 0.681. The van der Waals surface area contributed by atoms with Gasteiger partial charge >= 0.3 is 0 Å². The number of aryl methyl sites for hydroxylation is 1. The third-order valence-electron chi connectivity index (χ3n) is 4.00. The Balaban J connectivity index is 1.99. The van der Waals surface area contributed by atoms with Crippen LogP contribution in [0.25, 0.3) is 11.0 Å². The van der Waals surface area contributed by atoms with Gasteiger partial charge in [-0.15, -0.1) is 0 Å². The summed E-state index contributed by atoms with van der Waals surface area (Å²) in [6, 6.07) is 15.7. The van der Waals surface area contributed by atoms with E-state index in [0.29, 0.717) is 18.1 Å². The van der Waals surface area contributed by atoms with Crippen molar-refractivity contribution in [1.82, 2.24) is 14.9 Å². The second kappa shape index (κ2) is 8.19. The number of para-hydroxylation sites is 2. The first-order valence-electron chi connectivity index (χ1n) is 8.53. The van der Waals surface area contributed by atoms with Gasteiger partial charge in [-0.1, -0.05) is 53.7 Å². The van der Waals surface area contributed by atoms with Crippen LogP contribution in [0, 0.1) is 6.92 Å². The number of benzene rings is 2. The van der Waals surface area contributed by atoms with Crippen LogP contribution in [0.5, 0.6) is 0 Å². The monoisotopic (exact) mass is 367 g/mol.